The van der Waals surface area contributed by atoms with Crippen LogP contribution in [0.15, 0.2) is 36.5 Å². The summed E-state index contributed by atoms with van der Waals surface area (Å²) >= 11 is 0. The van der Waals surface area contributed by atoms with Crippen molar-refractivity contribution >= 4 is 30.8 Å². The number of rotatable bonds is 2. The van der Waals surface area contributed by atoms with Gasteiger partial charge in [-0.1, -0.05) is 24.3 Å². The largest absolute Gasteiger partial charge is 0.340 e. The molecule has 0 unspecified atom stereocenters. The predicted molar refractivity (Wildman–Crippen MR) is 107 cm³/mol. The number of benzene rings is 1. The van der Waals surface area contributed by atoms with Crippen LogP contribution < -0.4 is 4.90 Å². The third kappa shape index (κ3) is 3.62. The Morgan fingerprint density at radius 2 is 1.76 bits per heavy atom. The molecule has 2 aliphatic rings. The molecule has 1 aromatic carbocycles. The molecule has 2 fully saturated rings. The summed E-state index contributed by atoms with van der Waals surface area (Å²) in [6, 6.07) is 11.3. The molecule has 4 nitrogen and oxygen atoms in total. The molecule has 0 N–H and O–H groups in total. The Morgan fingerprint density at radius 3 is 2.48 bits per heavy atom. The van der Waals surface area contributed by atoms with Gasteiger partial charge in [0, 0.05) is 43.5 Å². The van der Waals surface area contributed by atoms with Crippen LogP contribution in [-0.2, 0) is 0 Å². The van der Waals surface area contributed by atoms with E-state index in [0.29, 0.717) is 17.9 Å². The number of hydrogen-bond acceptors (Lipinski definition) is 4. The van der Waals surface area contributed by atoms with Crippen molar-refractivity contribution in [2.75, 3.05) is 31.6 Å². The number of nitrogens with zero attached hydrogens (tertiary/aromatic N) is 4. The minimum atomic E-state index is 0. The van der Waals surface area contributed by atoms with Gasteiger partial charge in [0.15, 0.2) is 0 Å². The molecule has 0 saturated carbocycles. The fourth-order valence-corrected chi connectivity index (χ4v) is 4.40. The highest BCUT2D eigenvalue weighted by molar-refractivity contribution is 5.85. The second-order valence-corrected chi connectivity index (χ2v) is 7.07. The Kier molecular flexibility index (Phi) is 6.30. The number of halogens is 2. The van der Waals surface area contributed by atoms with Crippen molar-refractivity contribution in [1.29, 1.82) is 0 Å². The lowest BCUT2D eigenvalue weighted by Gasteiger charge is -2.28. The van der Waals surface area contributed by atoms with Crippen molar-refractivity contribution in [2.45, 2.75) is 19.9 Å². The lowest BCUT2D eigenvalue weighted by Crippen LogP contribution is -2.30. The molecule has 2 aromatic rings. The van der Waals surface area contributed by atoms with Crippen molar-refractivity contribution in [2.24, 2.45) is 11.8 Å². The topological polar surface area (TPSA) is 32.3 Å². The normalized spacial score (nSPS) is 25.2. The summed E-state index contributed by atoms with van der Waals surface area (Å²) in [6.45, 7) is 7.54. The van der Waals surface area contributed by atoms with E-state index in [1.165, 1.54) is 11.1 Å². The van der Waals surface area contributed by atoms with Crippen LogP contribution in [0, 0.1) is 25.7 Å². The Morgan fingerprint density at radius 1 is 1.00 bits per heavy atom. The molecule has 3 atom stereocenters. The standard InChI is InChI=1S/C19H24N4.2ClH/c1-13-6-4-5-7-16(13)18-17-12-23(11-15(17)10-22(18)3)19-20-9-8-14(2)21-19;;/h4-9,15,17-18H,10-12H2,1-3H3;2*1H/t15-,17+,18-;;/m0../s1. The van der Waals surface area contributed by atoms with Crippen LogP contribution in [0.5, 0.6) is 0 Å². The first-order valence-electron chi connectivity index (χ1n) is 8.44. The van der Waals surface area contributed by atoms with Gasteiger partial charge in [0.25, 0.3) is 0 Å². The quantitative estimate of drug-likeness (QED) is 0.795. The summed E-state index contributed by atoms with van der Waals surface area (Å²) in [5, 5.41) is 0. The molecular formula is C19H26Cl2N4. The number of hydrogen-bond donors (Lipinski definition) is 0. The van der Waals surface area contributed by atoms with Gasteiger partial charge in [0.1, 0.15) is 0 Å². The molecule has 1 aromatic heterocycles. The average molecular weight is 381 g/mol. The van der Waals surface area contributed by atoms with Crippen molar-refractivity contribution in [1.82, 2.24) is 14.9 Å². The van der Waals surface area contributed by atoms with E-state index in [1.54, 1.807) is 0 Å². The van der Waals surface area contributed by atoms with Gasteiger partial charge in [-0.15, -0.1) is 24.8 Å². The van der Waals surface area contributed by atoms with E-state index in [2.05, 4.69) is 58.0 Å². The molecule has 4 rings (SSSR count). The number of aromatic nitrogens is 2. The summed E-state index contributed by atoms with van der Waals surface area (Å²) in [5.74, 6) is 2.25. The van der Waals surface area contributed by atoms with Gasteiger partial charge in [-0.05, 0) is 44.0 Å². The van der Waals surface area contributed by atoms with E-state index in [0.717, 1.165) is 31.3 Å². The first-order valence-corrected chi connectivity index (χ1v) is 8.44. The predicted octanol–water partition coefficient (Wildman–Crippen LogP) is 3.68. The Hall–Kier alpha value is -1.36. The molecular weight excluding hydrogens is 355 g/mol. The Bertz CT molecular complexity index is 724. The first kappa shape index (κ1) is 20.0. The second-order valence-electron chi connectivity index (χ2n) is 7.07. The van der Waals surface area contributed by atoms with Crippen LogP contribution in [0.25, 0.3) is 0 Å². The number of fused-ring (bicyclic) bond motifs is 1. The maximum atomic E-state index is 4.62. The second kappa shape index (κ2) is 7.90. The SMILES string of the molecule is Cc1ccnc(N2C[C@@H]3CN(C)[C@@H](c4ccccc4C)[C@@H]3C2)n1.Cl.Cl. The summed E-state index contributed by atoms with van der Waals surface area (Å²) in [6.07, 6.45) is 1.87. The summed E-state index contributed by atoms with van der Waals surface area (Å²) in [4.78, 5) is 14.0. The average Bonchev–Trinajstić information content (AvgIpc) is 3.05. The fraction of sp³-hybridized carbons (Fsp3) is 0.474. The highest BCUT2D eigenvalue weighted by Crippen LogP contribution is 2.45. The minimum Gasteiger partial charge on any atom is -0.340 e. The van der Waals surface area contributed by atoms with Gasteiger partial charge in [-0.2, -0.15) is 0 Å². The molecule has 0 bridgehead atoms. The van der Waals surface area contributed by atoms with Gasteiger partial charge < -0.3 is 4.90 Å². The highest BCUT2D eigenvalue weighted by Gasteiger charge is 2.46. The summed E-state index contributed by atoms with van der Waals surface area (Å²) < 4.78 is 0. The lowest BCUT2D eigenvalue weighted by atomic mass is 9.88. The molecule has 25 heavy (non-hydrogen) atoms. The van der Waals surface area contributed by atoms with Crippen molar-refractivity contribution in [3.63, 3.8) is 0 Å². The minimum absolute atomic E-state index is 0. The van der Waals surface area contributed by atoms with Crippen LogP contribution in [0.4, 0.5) is 5.95 Å². The number of anilines is 1. The van der Waals surface area contributed by atoms with Gasteiger partial charge in [-0.3, -0.25) is 4.90 Å². The van der Waals surface area contributed by atoms with Gasteiger partial charge in [-0.25, -0.2) is 9.97 Å². The number of aryl methyl sites for hydroxylation is 2. The van der Waals surface area contributed by atoms with Gasteiger partial charge in [0.2, 0.25) is 5.95 Å². The molecule has 6 heteroatoms. The van der Waals surface area contributed by atoms with Crippen LogP contribution in [0.1, 0.15) is 22.9 Å². The van der Waals surface area contributed by atoms with Crippen molar-refractivity contribution in [3.8, 4) is 0 Å². The maximum absolute atomic E-state index is 4.62. The monoisotopic (exact) mass is 380 g/mol. The molecule has 2 aliphatic heterocycles. The van der Waals surface area contributed by atoms with E-state index in [9.17, 15) is 0 Å². The van der Waals surface area contributed by atoms with Crippen LogP contribution >= 0.6 is 24.8 Å². The van der Waals surface area contributed by atoms with Crippen LogP contribution in [-0.4, -0.2) is 41.5 Å². The first-order chi connectivity index (χ1) is 11.1. The molecule has 0 radical (unpaired) electrons. The maximum Gasteiger partial charge on any atom is 0.225 e. The van der Waals surface area contributed by atoms with Crippen molar-refractivity contribution < 1.29 is 0 Å². The molecule has 3 heterocycles. The summed E-state index contributed by atoms with van der Waals surface area (Å²) in [7, 11) is 2.27. The van der Waals surface area contributed by atoms with Gasteiger partial charge in [0.05, 0.1) is 0 Å². The van der Waals surface area contributed by atoms with E-state index < -0.39 is 0 Å². The third-order valence-electron chi connectivity index (χ3n) is 5.47. The molecule has 0 amide bonds. The Labute approximate surface area is 162 Å². The van der Waals surface area contributed by atoms with Gasteiger partial charge >= 0.3 is 0 Å². The zero-order valence-corrected chi connectivity index (χ0v) is 16.6. The third-order valence-corrected chi connectivity index (χ3v) is 5.47. The van der Waals surface area contributed by atoms with E-state index >= 15 is 0 Å². The van der Waals surface area contributed by atoms with Crippen LogP contribution in [0.2, 0.25) is 0 Å². The van der Waals surface area contributed by atoms with E-state index in [1.807, 2.05) is 19.2 Å². The number of likely N-dealkylation sites (tertiary alicyclic amines) is 1. The zero-order valence-electron chi connectivity index (χ0n) is 14.9. The zero-order chi connectivity index (χ0) is 16.0. The van der Waals surface area contributed by atoms with E-state index in [4.69, 9.17) is 0 Å². The highest BCUT2D eigenvalue weighted by atomic mass is 35.5. The molecule has 2 saturated heterocycles. The lowest BCUT2D eigenvalue weighted by molar-refractivity contribution is 0.278. The molecule has 0 spiro atoms. The fourth-order valence-electron chi connectivity index (χ4n) is 4.40. The smallest absolute Gasteiger partial charge is 0.225 e. The summed E-state index contributed by atoms with van der Waals surface area (Å²) in [5.41, 5.74) is 3.92. The van der Waals surface area contributed by atoms with Crippen LogP contribution in [0.3, 0.4) is 0 Å². The molecule has 0 aliphatic carbocycles. The Balaban J connectivity index is 0.00000113. The van der Waals surface area contributed by atoms with E-state index in [-0.39, 0.29) is 24.8 Å². The van der Waals surface area contributed by atoms with Crippen molar-refractivity contribution in [3.05, 3.63) is 53.3 Å². The molecule has 136 valence electrons.